The fourth-order valence-corrected chi connectivity index (χ4v) is 5.54. The van der Waals surface area contributed by atoms with Crippen LogP contribution in [0.5, 0.6) is 0 Å². The predicted molar refractivity (Wildman–Crippen MR) is 129 cm³/mol. The van der Waals surface area contributed by atoms with Gasteiger partial charge in [0.15, 0.2) is 0 Å². The Morgan fingerprint density at radius 2 is 1.74 bits per heavy atom. The van der Waals surface area contributed by atoms with Crippen LogP contribution >= 0.6 is 0 Å². The smallest absolute Gasteiger partial charge is 0.259 e. The van der Waals surface area contributed by atoms with Crippen LogP contribution in [0.2, 0.25) is 0 Å². The Morgan fingerprint density at radius 3 is 2.47 bits per heavy atom. The van der Waals surface area contributed by atoms with Gasteiger partial charge >= 0.3 is 0 Å². The van der Waals surface area contributed by atoms with E-state index in [0.29, 0.717) is 35.6 Å². The van der Waals surface area contributed by atoms with Crippen molar-refractivity contribution in [1.29, 1.82) is 0 Å². The van der Waals surface area contributed by atoms with Crippen molar-refractivity contribution in [2.24, 2.45) is 0 Å². The molecule has 0 saturated carbocycles. The third kappa shape index (κ3) is 4.35. The number of pyridine rings is 1. The van der Waals surface area contributed by atoms with Gasteiger partial charge in [-0.3, -0.25) is 9.78 Å². The minimum Gasteiger partial charge on any atom is -0.322 e. The first-order chi connectivity index (χ1) is 16.5. The molecule has 1 N–H and O–H groups in total. The first kappa shape index (κ1) is 22.0. The monoisotopic (exact) mass is 473 g/mol. The maximum atomic E-state index is 13.3. The minimum atomic E-state index is -3.59. The highest BCUT2D eigenvalue weighted by atomic mass is 32.2. The summed E-state index contributed by atoms with van der Waals surface area (Å²) in [6.07, 6.45) is 6.69. The number of rotatable bonds is 6. The van der Waals surface area contributed by atoms with E-state index in [1.54, 1.807) is 47.5 Å². The van der Waals surface area contributed by atoms with Crippen LogP contribution in [0.3, 0.4) is 0 Å². The van der Waals surface area contributed by atoms with Gasteiger partial charge in [-0.05, 0) is 55.3 Å². The van der Waals surface area contributed by atoms with E-state index in [9.17, 15) is 13.2 Å². The van der Waals surface area contributed by atoms with E-state index >= 15 is 0 Å². The van der Waals surface area contributed by atoms with E-state index in [1.807, 2.05) is 36.4 Å². The molecule has 0 atom stereocenters. The summed E-state index contributed by atoms with van der Waals surface area (Å²) in [4.78, 5) is 17.6. The van der Waals surface area contributed by atoms with Gasteiger partial charge in [0.2, 0.25) is 10.0 Å². The van der Waals surface area contributed by atoms with Crippen LogP contribution in [0.1, 0.15) is 23.2 Å². The quantitative estimate of drug-likeness (QED) is 0.457. The number of anilines is 1. The third-order valence-electron chi connectivity index (χ3n) is 5.71. The number of hydrogen-bond donors (Lipinski definition) is 1. The zero-order valence-corrected chi connectivity index (χ0v) is 19.1. The number of para-hydroxylation sites is 1. The Morgan fingerprint density at radius 1 is 0.941 bits per heavy atom. The topological polar surface area (TPSA) is 97.2 Å². The van der Waals surface area contributed by atoms with Gasteiger partial charge < -0.3 is 5.32 Å². The zero-order chi connectivity index (χ0) is 23.5. The highest BCUT2D eigenvalue weighted by molar-refractivity contribution is 7.89. The summed E-state index contributed by atoms with van der Waals surface area (Å²) in [6, 6.07) is 19.5. The largest absolute Gasteiger partial charge is 0.322 e. The van der Waals surface area contributed by atoms with E-state index in [0.717, 1.165) is 18.5 Å². The van der Waals surface area contributed by atoms with Gasteiger partial charge in [0.25, 0.3) is 5.91 Å². The average Bonchev–Trinajstić information content (AvgIpc) is 3.57. The van der Waals surface area contributed by atoms with Crippen molar-refractivity contribution in [2.75, 3.05) is 18.4 Å². The van der Waals surface area contributed by atoms with Crippen molar-refractivity contribution in [3.05, 3.63) is 90.9 Å². The molecule has 2 aromatic heterocycles. The van der Waals surface area contributed by atoms with Crippen LogP contribution in [0, 0.1) is 0 Å². The number of nitrogens with zero attached hydrogens (tertiary/aromatic N) is 4. The van der Waals surface area contributed by atoms with Crippen LogP contribution in [0.25, 0.3) is 16.9 Å². The highest BCUT2D eigenvalue weighted by Crippen LogP contribution is 2.26. The summed E-state index contributed by atoms with van der Waals surface area (Å²) in [5, 5.41) is 7.48. The Labute approximate surface area is 197 Å². The second-order valence-electron chi connectivity index (χ2n) is 8.01. The van der Waals surface area contributed by atoms with E-state index in [4.69, 9.17) is 0 Å². The minimum absolute atomic E-state index is 0.166. The van der Waals surface area contributed by atoms with Crippen LogP contribution in [-0.2, 0) is 10.0 Å². The lowest BCUT2D eigenvalue weighted by Crippen LogP contribution is -2.27. The van der Waals surface area contributed by atoms with Crippen molar-refractivity contribution in [1.82, 2.24) is 19.1 Å². The molecule has 2 aromatic carbocycles. The molecule has 5 rings (SSSR count). The molecule has 8 nitrogen and oxygen atoms in total. The lowest BCUT2D eigenvalue weighted by Gasteiger charge is -2.16. The molecule has 1 aliphatic rings. The van der Waals surface area contributed by atoms with Crippen molar-refractivity contribution >= 4 is 21.6 Å². The van der Waals surface area contributed by atoms with E-state index < -0.39 is 15.9 Å². The second kappa shape index (κ2) is 9.20. The molecule has 3 heterocycles. The normalized spacial score (nSPS) is 14.2. The number of amides is 1. The average molecular weight is 474 g/mol. The van der Waals surface area contributed by atoms with Crippen molar-refractivity contribution in [3.8, 4) is 16.9 Å². The number of aromatic nitrogens is 3. The summed E-state index contributed by atoms with van der Waals surface area (Å²) in [5.41, 5.74) is 2.74. The number of benzene rings is 2. The van der Waals surface area contributed by atoms with Crippen LogP contribution in [0.15, 0.2) is 90.2 Å². The Balaban J connectivity index is 1.48. The fourth-order valence-electron chi connectivity index (χ4n) is 3.98. The van der Waals surface area contributed by atoms with Gasteiger partial charge in [-0.1, -0.05) is 24.3 Å². The molecule has 1 amide bonds. The molecule has 0 spiro atoms. The predicted octanol–water partition coefficient (Wildman–Crippen LogP) is 3.97. The molecule has 0 bridgehead atoms. The summed E-state index contributed by atoms with van der Waals surface area (Å²) in [5.74, 6) is -0.392. The highest BCUT2D eigenvalue weighted by Gasteiger charge is 2.27. The first-order valence-corrected chi connectivity index (χ1v) is 12.4. The van der Waals surface area contributed by atoms with E-state index in [1.165, 1.54) is 10.4 Å². The summed E-state index contributed by atoms with van der Waals surface area (Å²) in [7, 11) is -3.59. The molecule has 34 heavy (non-hydrogen) atoms. The molecule has 0 aliphatic carbocycles. The standard InChI is InChI=1S/C25H23N5O3S/c31-25(27-20-9-6-12-22(16-20)34(32,33)29-14-4-5-15-29)23-18-30(21-10-2-1-3-11-21)28-24(23)19-8-7-13-26-17-19/h1-3,6-13,16-18H,4-5,14-15H2,(H,27,31). The maximum absolute atomic E-state index is 13.3. The van der Waals surface area contributed by atoms with Gasteiger partial charge in [0.05, 0.1) is 16.1 Å². The molecule has 0 radical (unpaired) electrons. The maximum Gasteiger partial charge on any atom is 0.259 e. The van der Waals surface area contributed by atoms with Crippen molar-refractivity contribution in [3.63, 3.8) is 0 Å². The zero-order valence-electron chi connectivity index (χ0n) is 18.3. The molecule has 0 unspecified atom stereocenters. The van der Waals surface area contributed by atoms with E-state index in [-0.39, 0.29) is 4.90 Å². The lowest BCUT2D eigenvalue weighted by molar-refractivity contribution is 0.102. The molecule has 1 fully saturated rings. The summed E-state index contributed by atoms with van der Waals surface area (Å²) < 4.78 is 29.0. The number of sulfonamides is 1. The Hall–Kier alpha value is -3.82. The third-order valence-corrected chi connectivity index (χ3v) is 7.60. The van der Waals surface area contributed by atoms with Crippen LogP contribution in [0.4, 0.5) is 5.69 Å². The van der Waals surface area contributed by atoms with Gasteiger partial charge in [0, 0.05) is 42.9 Å². The van der Waals surface area contributed by atoms with Crippen molar-refractivity contribution < 1.29 is 13.2 Å². The van der Waals surface area contributed by atoms with Gasteiger partial charge in [-0.15, -0.1) is 0 Å². The summed E-state index contributed by atoms with van der Waals surface area (Å²) in [6.45, 7) is 1.04. The number of nitrogens with one attached hydrogen (secondary N) is 1. The fraction of sp³-hybridized carbons (Fsp3) is 0.160. The van der Waals surface area contributed by atoms with Crippen LogP contribution in [-0.4, -0.2) is 46.5 Å². The number of carbonyl (C=O) groups excluding carboxylic acids is 1. The molecular weight excluding hydrogens is 450 g/mol. The van der Waals surface area contributed by atoms with E-state index in [2.05, 4.69) is 15.4 Å². The van der Waals surface area contributed by atoms with Gasteiger partial charge in [0.1, 0.15) is 5.69 Å². The lowest BCUT2D eigenvalue weighted by atomic mass is 10.1. The molecule has 9 heteroatoms. The molecule has 172 valence electrons. The number of carbonyl (C=O) groups is 1. The first-order valence-electron chi connectivity index (χ1n) is 11.0. The molecule has 1 aliphatic heterocycles. The van der Waals surface area contributed by atoms with Gasteiger partial charge in [-0.2, -0.15) is 9.40 Å². The van der Waals surface area contributed by atoms with Crippen molar-refractivity contribution in [2.45, 2.75) is 17.7 Å². The van der Waals surface area contributed by atoms with Gasteiger partial charge in [-0.25, -0.2) is 13.1 Å². The Bertz CT molecular complexity index is 1410. The van der Waals surface area contributed by atoms with Crippen LogP contribution < -0.4 is 5.32 Å². The second-order valence-corrected chi connectivity index (χ2v) is 9.94. The SMILES string of the molecule is O=C(Nc1cccc(S(=O)(=O)N2CCCC2)c1)c1cn(-c2ccccc2)nc1-c1cccnc1. The molecule has 4 aromatic rings. The molecular formula is C25H23N5O3S. The number of hydrogen-bond acceptors (Lipinski definition) is 5. The summed E-state index contributed by atoms with van der Waals surface area (Å²) >= 11 is 0. The molecule has 1 saturated heterocycles. The Kier molecular flexibility index (Phi) is 5.95.